The van der Waals surface area contributed by atoms with Gasteiger partial charge in [0.2, 0.25) is 11.9 Å². The lowest BCUT2D eigenvalue weighted by molar-refractivity contribution is -0.123. The smallest absolute Gasteiger partial charge is 0.253 e. The number of anilines is 2. The van der Waals surface area contributed by atoms with Gasteiger partial charge in [0.15, 0.2) is 0 Å². The van der Waals surface area contributed by atoms with Crippen molar-refractivity contribution >= 4 is 35.1 Å². The van der Waals surface area contributed by atoms with Crippen LogP contribution >= 0.6 is 11.6 Å². The maximum absolute atomic E-state index is 12.9. The number of aromatic nitrogens is 2. The van der Waals surface area contributed by atoms with Gasteiger partial charge >= 0.3 is 0 Å². The number of piperazine rings is 1. The summed E-state index contributed by atoms with van der Waals surface area (Å²) in [5.74, 6) is 0.475. The summed E-state index contributed by atoms with van der Waals surface area (Å²) in [6.07, 6.45) is 1.70. The van der Waals surface area contributed by atoms with Gasteiger partial charge in [-0.15, -0.1) is 0 Å². The zero-order chi connectivity index (χ0) is 24.8. The molecule has 2 heterocycles. The molecular weight excluding hydrogens is 464 g/mol. The van der Waals surface area contributed by atoms with Gasteiger partial charge in [-0.1, -0.05) is 23.7 Å². The number of benzene rings is 2. The SMILES string of the molecule is CC(C)NC(=O)CN1CCN(C(=O)c2ccc(Nc3nccc(-c4ccc(Cl)cc4)n3)cc2)CC1. The third-order valence-corrected chi connectivity index (χ3v) is 5.91. The van der Waals surface area contributed by atoms with Gasteiger partial charge in [-0.25, -0.2) is 9.97 Å². The second-order valence-electron chi connectivity index (χ2n) is 8.77. The van der Waals surface area contributed by atoms with Crippen LogP contribution in [0.4, 0.5) is 11.6 Å². The van der Waals surface area contributed by atoms with E-state index in [-0.39, 0.29) is 17.9 Å². The van der Waals surface area contributed by atoms with Gasteiger partial charge in [0.1, 0.15) is 0 Å². The third kappa shape index (κ3) is 6.77. The molecule has 8 nitrogen and oxygen atoms in total. The molecule has 1 aliphatic rings. The predicted molar refractivity (Wildman–Crippen MR) is 138 cm³/mol. The summed E-state index contributed by atoms with van der Waals surface area (Å²) in [6, 6.07) is 16.7. The molecule has 9 heteroatoms. The Morgan fingerprint density at radius 3 is 2.31 bits per heavy atom. The molecule has 0 aliphatic carbocycles. The van der Waals surface area contributed by atoms with Crippen molar-refractivity contribution in [3.05, 3.63) is 71.4 Å². The van der Waals surface area contributed by atoms with Gasteiger partial charge in [0.25, 0.3) is 5.91 Å². The van der Waals surface area contributed by atoms with Gasteiger partial charge in [-0.05, 0) is 56.3 Å². The van der Waals surface area contributed by atoms with Crippen molar-refractivity contribution < 1.29 is 9.59 Å². The number of nitrogens with one attached hydrogen (secondary N) is 2. The van der Waals surface area contributed by atoms with Crippen LogP contribution in [0.2, 0.25) is 5.02 Å². The van der Waals surface area contributed by atoms with Crippen LogP contribution in [0.25, 0.3) is 11.3 Å². The van der Waals surface area contributed by atoms with Crippen molar-refractivity contribution in [3.8, 4) is 11.3 Å². The second-order valence-corrected chi connectivity index (χ2v) is 9.20. The number of hydrogen-bond donors (Lipinski definition) is 2. The average Bonchev–Trinajstić information content (AvgIpc) is 2.85. The van der Waals surface area contributed by atoms with E-state index in [1.165, 1.54) is 0 Å². The first-order valence-corrected chi connectivity index (χ1v) is 12.0. The van der Waals surface area contributed by atoms with Crippen LogP contribution < -0.4 is 10.6 Å². The highest BCUT2D eigenvalue weighted by Gasteiger charge is 2.23. The highest BCUT2D eigenvalue weighted by atomic mass is 35.5. The topological polar surface area (TPSA) is 90.5 Å². The monoisotopic (exact) mass is 492 g/mol. The van der Waals surface area contributed by atoms with Crippen LogP contribution in [0.3, 0.4) is 0 Å². The minimum absolute atomic E-state index is 0.0104. The van der Waals surface area contributed by atoms with Crippen molar-refractivity contribution in [2.75, 3.05) is 38.0 Å². The van der Waals surface area contributed by atoms with Crippen LogP contribution in [0, 0.1) is 0 Å². The molecule has 0 spiro atoms. The lowest BCUT2D eigenvalue weighted by atomic mass is 10.1. The normalized spacial score (nSPS) is 14.1. The first kappa shape index (κ1) is 24.6. The van der Waals surface area contributed by atoms with E-state index < -0.39 is 0 Å². The first-order valence-electron chi connectivity index (χ1n) is 11.6. The van der Waals surface area contributed by atoms with Crippen LogP contribution in [0.1, 0.15) is 24.2 Å². The molecule has 0 radical (unpaired) electrons. The van der Waals surface area contributed by atoms with Crippen LogP contribution in [-0.4, -0.2) is 70.3 Å². The van der Waals surface area contributed by atoms with Gasteiger partial charge in [-0.3, -0.25) is 14.5 Å². The van der Waals surface area contributed by atoms with E-state index in [2.05, 4.69) is 25.5 Å². The van der Waals surface area contributed by atoms with Crippen molar-refractivity contribution in [2.45, 2.75) is 19.9 Å². The van der Waals surface area contributed by atoms with E-state index in [0.717, 1.165) is 16.9 Å². The molecule has 4 rings (SSSR count). The Balaban J connectivity index is 1.32. The molecule has 1 saturated heterocycles. The molecule has 0 atom stereocenters. The van der Waals surface area contributed by atoms with Gasteiger partial charge in [0, 0.05) is 60.3 Å². The number of carbonyl (C=O) groups excluding carboxylic acids is 2. The molecule has 0 saturated carbocycles. The van der Waals surface area contributed by atoms with Gasteiger partial charge < -0.3 is 15.5 Å². The zero-order valence-corrected chi connectivity index (χ0v) is 20.6. The number of carbonyl (C=O) groups is 2. The van der Waals surface area contributed by atoms with Crippen molar-refractivity contribution in [1.29, 1.82) is 0 Å². The third-order valence-electron chi connectivity index (χ3n) is 5.66. The molecular formula is C26H29ClN6O2. The molecule has 1 aliphatic heterocycles. The fourth-order valence-corrected chi connectivity index (χ4v) is 4.01. The van der Waals surface area contributed by atoms with Gasteiger partial charge in [-0.2, -0.15) is 0 Å². The largest absolute Gasteiger partial charge is 0.353 e. The molecule has 2 aromatic carbocycles. The van der Waals surface area contributed by atoms with Crippen molar-refractivity contribution in [1.82, 2.24) is 25.1 Å². The lowest BCUT2D eigenvalue weighted by Crippen LogP contribution is -2.51. The van der Waals surface area contributed by atoms with Crippen LogP contribution in [0.15, 0.2) is 60.8 Å². The summed E-state index contributed by atoms with van der Waals surface area (Å²) in [7, 11) is 0. The maximum atomic E-state index is 12.9. The predicted octanol–water partition coefficient (Wildman–Crippen LogP) is 3.82. The fraction of sp³-hybridized carbons (Fsp3) is 0.308. The maximum Gasteiger partial charge on any atom is 0.253 e. The van der Waals surface area contributed by atoms with E-state index in [1.54, 1.807) is 18.3 Å². The molecule has 0 bridgehead atoms. The Labute approximate surface area is 210 Å². The molecule has 2 amide bonds. The number of rotatable bonds is 7. The lowest BCUT2D eigenvalue weighted by Gasteiger charge is -2.34. The van der Waals surface area contributed by atoms with E-state index in [9.17, 15) is 9.59 Å². The minimum atomic E-state index is -0.0104. The van der Waals surface area contributed by atoms with E-state index in [4.69, 9.17) is 11.6 Å². The average molecular weight is 493 g/mol. The summed E-state index contributed by atoms with van der Waals surface area (Å²) >= 11 is 5.97. The van der Waals surface area contributed by atoms with Crippen LogP contribution in [-0.2, 0) is 4.79 Å². The molecule has 1 aromatic heterocycles. The van der Waals surface area contributed by atoms with Crippen LogP contribution in [0.5, 0.6) is 0 Å². The molecule has 1 fully saturated rings. The van der Waals surface area contributed by atoms with Gasteiger partial charge in [0.05, 0.1) is 12.2 Å². The number of nitrogens with zero attached hydrogens (tertiary/aromatic N) is 4. The Morgan fingerprint density at radius 1 is 0.971 bits per heavy atom. The Bertz CT molecular complexity index is 1160. The standard InChI is InChI=1S/C26H29ClN6O2/c1-18(2)29-24(34)17-32-13-15-33(16-14-32)25(35)20-5-9-22(10-6-20)30-26-28-12-11-23(31-26)19-3-7-21(27)8-4-19/h3-12,18H,13-17H2,1-2H3,(H,29,34)(H,28,30,31). The van der Waals surface area contributed by atoms with Crippen molar-refractivity contribution in [3.63, 3.8) is 0 Å². The van der Waals surface area contributed by atoms with E-state index in [1.807, 2.05) is 61.2 Å². The summed E-state index contributed by atoms with van der Waals surface area (Å²) in [6.45, 7) is 6.80. The number of halogens is 1. The first-order chi connectivity index (χ1) is 16.9. The molecule has 2 N–H and O–H groups in total. The van der Waals surface area contributed by atoms with Crippen molar-refractivity contribution in [2.24, 2.45) is 0 Å². The highest BCUT2D eigenvalue weighted by Crippen LogP contribution is 2.22. The Kier molecular flexibility index (Phi) is 7.94. The fourth-order valence-electron chi connectivity index (χ4n) is 3.89. The zero-order valence-electron chi connectivity index (χ0n) is 19.9. The molecule has 3 aromatic rings. The summed E-state index contributed by atoms with van der Waals surface area (Å²) in [5.41, 5.74) is 3.14. The summed E-state index contributed by atoms with van der Waals surface area (Å²) in [4.78, 5) is 37.7. The minimum Gasteiger partial charge on any atom is -0.353 e. The second kappa shape index (κ2) is 11.3. The highest BCUT2D eigenvalue weighted by molar-refractivity contribution is 6.30. The number of hydrogen-bond acceptors (Lipinski definition) is 6. The van der Waals surface area contributed by atoms with E-state index in [0.29, 0.717) is 49.3 Å². The quantitative estimate of drug-likeness (QED) is 0.521. The van der Waals surface area contributed by atoms with E-state index >= 15 is 0 Å². The summed E-state index contributed by atoms with van der Waals surface area (Å²) in [5, 5.41) is 6.77. The summed E-state index contributed by atoms with van der Waals surface area (Å²) < 4.78 is 0. The number of amides is 2. The molecule has 35 heavy (non-hydrogen) atoms. The molecule has 0 unspecified atom stereocenters. The Hall–Kier alpha value is -3.49. The molecule has 182 valence electrons. The Morgan fingerprint density at radius 2 is 1.66 bits per heavy atom.